The second-order valence-electron chi connectivity index (χ2n) is 7.79. The van der Waals surface area contributed by atoms with E-state index in [0.717, 1.165) is 29.7 Å². The number of hydrogen-bond donors (Lipinski definition) is 5. The van der Waals surface area contributed by atoms with Gasteiger partial charge in [0, 0.05) is 12.1 Å². The maximum atomic E-state index is 14.8. The molecule has 0 bridgehead atoms. The zero-order valence-electron chi connectivity index (χ0n) is 16.9. The van der Waals surface area contributed by atoms with E-state index in [9.17, 15) is 23.5 Å². The van der Waals surface area contributed by atoms with Crippen LogP contribution in [0.2, 0.25) is 0 Å². The monoisotopic (exact) mass is 444 g/mol. The van der Waals surface area contributed by atoms with Gasteiger partial charge in [-0.1, -0.05) is 18.9 Å². The van der Waals surface area contributed by atoms with E-state index in [1.165, 1.54) is 18.2 Å². The van der Waals surface area contributed by atoms with Crippen LogP contribution >= 0.6 is 0 Å². The maximum absolute atomic E-state index is 14.8. The third-order valence-electron chi connectivity index (χ3n) is 5.76. The lowest BCUT2D eigenvalue weighted by molar-refractivity contribution is 0.0684. The topological polar surface area (TPSA) is 162 Å². The molecule has 168 valence electrons. The van der Waals surface area contributed by atoms with Crippen LogP contribution in [-0.2, 0) is 0 Å². The van der Waals surface area contributed by atoms with Crippen LogP contribution in [0.5, 0.6) is 0 Å². The maximum Gasteiger partial charge on any atom is 0.356 e. The van der Waals surface area contributed by atoms with Gasteiger partial charge >= 0.3 is 5.97 Å². The van der Waals surface area contributed by atoms with E-state index in [2.05, 4.69) is 10.3 Å². The molecule has 0 saturated heterocycles. The Bertz CT molecular complexity index is 1240. The van der Waals surface area contributed by atoms with E-state index >= 15 is 0 Å². The van der Waals surface area contributed by atoms with Crippen molar-refractivity contribution in [2.45, 2.75) is 37.8 Å². The molecule has 0 aliphatic heterocycles. The molecule has 1 saturated carbocycles. The number of carbonyl (C=O) groups excluding carboxylic acids is 1. The van der Waals surface area contributed by atoms with Crippen LogP contribution in [0.3, 0.4) is 0 Å². The van der Waals surface area contributed by atoms with Crippen molar-refractivity contribution in [2.75, 3.05) is 11.1 Å². The third-order valence-corrected chi connectivity index (χ3v) is 5.76. The van der Waals surface area contributed by atoms with Crippen molar-refractivity contribution in [1.82, 2.24) is 9.38 Å². The molecule has 0 aromatic carbocycles. The van der Waals surface area contributed by atoms with Gasteiger partial charge in [0.25, 0.3) is 5.91 Å². The first-order valence-corrected chi connectivity index (χ1v) is 10.0. The minimum Gasteiger partial charge on any atom is -0.476 e. The van der Waals surface area contributed by atoms with Crippen LogP contribution in [0.15, 0.2) is 24.3 Å². The van der Waals surface area contributed by atoms with E-state index in [-0.39, 0.29) is 46.1 Å². The Labute approximate surface area is 181 Å². The highest BCUT2D eigenvalue weighted by molar-refractivity contribution is 6.00. The van der Waals surface area contributed by atoms with Gasteiger partial charge in [0.05, 0.1) is 22.5 Å². The van der Waals surface area contributed by atoms with Gasteiger partial charge < -0.3 is 27.6 Å². The number of carbonyl (C=O) groups is 2. The highest BCUT2D eigenvalue weighted by Gasteiger charge is 2.28. The number of pyridine rings is 2. The molecular weight excluding hydrogens is 422 g/mol. The fourth-order valence-electron chi connectivity index (χ4n) is 4.16. The number of fused-ring (bicyclic) bond motifs is 1. The number of primary amides is 1. The number of anilines is 2. The van der Waals surface area contributed by atoms with Crippen molar-refractivity contribution in [3.05, 3.63) is 47.2 Å². The predicted molar refractivity (Wildman–Crippen MR) is 114 cm³/mol. The molecule has 2 atom stereocenters. The second kappa shape index (κ2) is 8.08. The van der Waals surface area contributed by atoms with Crippen molar-refractivity contribution in [1.29, 1.82) is 0 Å². The first-order chi connectivity index (χ1) is 15.2. The number of halogens is 2. The van der Waals surface area contributed by atoms with Crippen molar-refractivity contribution in [2.24, 2.45) is 11.5 Å². The number of carboxylic acid groups (broad SMARTS) is 1. The number of carboxylic acids is 1. The summed E-state index contributed by atoms with van der Waals surface area (Å²) in [6.07, 6.45) is 3.38. The van der Waals surface area contributed by atoms with Gasteiger partial charge in [0.15, 0.2) is 23.1 Å². The quantitative estimate of drug-likeness (QED) is 0.403. The summed E-state index contributed by atoms with van der Waals surface area (Å²) in [6, 6.07) is 4.81. The Morgan fingerprint density at radius 3 is 2.59 bits per heavy atom. The van der Waals surface area contributed by atoms with Gasteiger partial charge in [-0.05, 0) is 31.0 Å². The number of nitrogens with two attached hydrogens (primary N) is 3. The summed E-state index contributed by atoms with van der Waals surface area (Å²) in [5.41, 5.74) is 15.9. The summed E-state index contributed by atoms with van der Waals surface area (Å²) < 4.78 is 30.4. The van der Waals surface area contributed by atoms with Crippen molar-refractivity contribution >= 4 is 28.9 Å². The Morgan fingerprint density at radius 2 is 1.94 bits per heavy atom. The molecule has 3 heterocycles. The number of aromatic carboxylic acids is 1. The van der Waals surface area contributed by atoms with E-state index in [1.807, 2.05) is 0 Å². The summed E-state index contributed by atoms with van der Waals surface area (Å²) in [7, 11) is 0. The zero-order chi connectivity index (χ0) is 23.2. The van der Waals surface area contributed by atoms with E-state index in [0.29, 0.717) is 6.42 Å². The van der Waals surface area contributed by atoms with Gasteiger partial charge in [-0.25, -0.2) is 18.6 Å². The first-order valence-electron chi connectivity index (χ1n) is 10.0. The zero-order valence-corrected chi connectivity index (χ0v) is 16.9. The molecule has 3 aromatic heterocycles. The van der Waals surface area contributed by atoms with Crippen LogP contribution in [0.4, 0.5) is 20.3 Å². The number of aromatic nitrogens is 2. The number of nitrogens with zero attached hydrogens (tertiary/aromatic N) is 2. The number of amides is 1. The molecule has 1 aliphatic rings. The largest absolute Gasteiger partial charge is 0.476 e. The minimum atomic E-state index is -1.57. The van der Waals surface area contributed by atoms with Crippen LogP contribution in [0.1, 0.15) is 46.5 Å². The summed E-state index contributed by atoms with van der Waals surface area (Å²) in [5, 5.41) is 12.5. The molecule has 3 aromatic rings. The standard InChI is InChI=1S/C21H22F2N6O3/c22-10-8-9(19(26)30)17(28-20(10)27-12-5-2-1-4-11(12)24)14-7-3-6-13-16(25)15(23)18(21(31)32)29(13)14/h3,6-8,11-12H,1-2,4-5,24-25H2,(H2,26,30)(H,27,28)(H,31,32)/t11-,12+/m0/s1. The highest BCUT2D eigenvalue weighted by Crippen LogP contribution is 2.33. The lowest BCUT2D eigenvalue weighted by Crippen LogP contribution is -2.43. The molecule has 11 heteroatoms. The fraction of sp³-hybridized carbons (Fsp3) is 0.286. The van der Waals surface area contributed by atoms with Gasteiger partial charge in [-0.3, -0.25) is 9.20 Å². The summed E-state index contributed by atoms with van der Waals surface area (Å²) in [4.78, 5) is 28.1. The second-order valence-corrected chi connectivity index (χ2v) is 7.79. The Balaban J connectivity index is 1.95. The van der Waals surface area contributed by atoms with Crippen LogP contribution in [0, 0.1) is 11.6 Å². The fourth-order valence-corrected chi connectivity index (χ4v) is 4.16. The smallest absolute Gasteiger partial charge is 0.356 e. The molecule has 4 rings (SSSR count). The molecule has 1 amide bonds. The molecule has 0 radical (unpaired) electrons. The Morgan fingerprint density at radius 1 is 1.22 bits per heavy atom. The van der Waals surface area contributed by atoms with Gasteiger partial charge in [-0.2, -0.15) is 0 Å². The van der Waals surface area contributed by atoms with Crippen LogP contribution < -0.4 is 22.5 Å². The molecule has 0 spiro atoms. The predicted octanol–water partition coefficient (Wildman–Crippen LogP) is 2.34. The Hall–Kier alpha value is -3.73. The van der Waals surface area contributed by atoms with E-state index in [1.54, 1.807) is 0 Å². The third kappa shape index (κ3) is 3.50. The minimum absolute atomic E-state index is 0.0142. The normalized spacial score (nSPS) is 18.6. The summed E-state index contributed by atoms with van der Waals surface area (Å²) >= 11 is 0. The molecule has 32 heavy (non-hydrogen) atoms. The SMILES string of the molecule is NC(=O)c1cc(F)c(N[C@@H]2CCCC[C@@H]2N)nc1-c1cccc2c(N)c(F)c(C(=O)O)n12. The lowest BCUT2D eigenvalue weighted by Gasteiger charge is -2.30. The van der Waals surface area contributed by atoms with Crippen LogP contribution in [-0.4, -0.2) is 38.5 Å². The average molecular weight is 444 g/mol. The first kappa shape index (κ1) is 21.5. The summed E-state index contributed by atoms with van der Waals surface area (Å²) in [5.74, 6) is -4.66. The van der Waals surface area contributed by atoms with Crippen molar-refractivity contribution in [3.8, 4) is 11.4 Å². The molecule has 0 unspecified atom stereocenters. The molecule has 1 aliphatic carbocycles. The lowest BCUT2D eigenvalue weighted by atomic mass is 9.91. The van der Waals surface area contributed by atoms with Crippen LogP contribution in [0.25, 0.3) is 16.9 Å². The van der Waals surface area contributed by atoms with Crippen molar-refractivity contribution < 1.29 is 23.5 Å². The molecule has 8 N–H and O–H groups in total. The Kier molecular flexibility index (Phi) is 5.43. The van der Waals surface area contributed by atoms with Crippen molar-refractivity contribution in [3.63, 3.8) is 0 Å². The highest BCUT2D eigenvalue weighted by atomic mass is 19.1. The van der Waals surface area contributed by atoms with E-state index in [4.69, 9.17) is 17.2 Å². The average Bonchev–Trinajstić information content (AvgIpc) is 3.01. The number of rotatable bonds is 5. The molecular formula is C21H22F2N6O3. The van der Waals surface area contributed by atoms with Gasteiger partial charge in [0.2, 0.25) is 0 Å². The summed E-state index contributed by atoms with van der Waals surface area (Å²) in [6.45, 7) is 0. The number of hydrogen-bond acceptors (Lipinski definition) is 6. The number of nitrogen functional groups attached to an aromatic ring is 1. The van der Waals surface area contributed by atoms with Gasteiger partial charge in [0.1, 0.15) is 5.69 Å². The molecule has 9 nitrogen and oxygen atoms in total. The number of nitrogens with one attached hydrogen (secondary N) is 1. The molecule has 1 fully saturated rings. The van der Waals surface area contributed by atoms with E-state index < -0.39 is 29.2 Å². The van der Waals surface area contributed by atoms with Gasteiger partial charge in [-0.15, -0.1) is 0 Å².